The van der Waals surface area contributed by atoms with E-state index < -0.39 is 217 Å². The van der Waals surface area contributed by atoms with Crippen LogP contribution in [0.3, 0.4) is 0 Å². The summed E-state index contributed by atoms with van der Waals surface area (Å²) in [6.07, 6.45) is -0.475. The van der Waals surface area contributed by atoms with E-state index in [1.807, 2.05) is 13.8 Å². The highest BCUT2D eigenvalue weighted by Gasteiger charge is 2.55. The zero-order valence-electron chi connectivity index (χ0n) is 60.9. The van der Waals surface area contributed by atoms with Crippen molar-refractivity contribution in [1.82, 2.24) is 60.0 Å². The summed E-state index contributed by atoms with van der Waals surface area (Å²) in [5.41, 5.74) is -4.55. The molecular weight excluding hydrogens is 1350 g/mol. The molecule has 3 saturated carbocycles. The summed E-state index contributed by atoms with van der Waals surface area (Å²) >= 11 is 0. The van der Waals surface area contributed by atoms with Crippen molar-refractivity contribution in [3.63, 3.8) is 0 Å². The number of benzene rings is 1. The van der Waals surface area contributed by atoms with Crippen molar-refractivity contribution >= 4 is 70.9 Å². The van der Waals surface area contributed by atoms with Gasteiger partial charge in [-0.3, -0.25) is 57.5 Å². The van der Waals surface area contributed by atoms with Crippen LogP contribution in [0.4, 0.5) is 30.7 Å². The number of likely N-dealkylation sites (tertiary alicyclic amines) is 1. The SMILES string of the molecule is CC[C@H](C)[C@@H]1NC(=O)[C@H](CC(C)C)N(C)C(=O)C[C@@H](C(=O)N2CCCC2)N(C)C(=O)[C@H](C2CCCC2)N(C)C(=O)C2(CCCC2)NC(=O)[C@@H]2CC(F)(F)CN2C(=O)[C@H](CCc2cc(F)c(C(F)(F)F)c(F)c2)NC(=O)CN(C)C(=O)[C@H](CC2CCCCC2)N(C)C(=O)CN(C)C(=O)CN(C)C1=O. The van der Waals surface area contributed by atoms with E-state index in [4.69, 9.17) is 0 Å². The lowest BCUT2D eigenvalue weighted by atomic mass is 9.84. The van der Waals surface area contributed by atoms with Crippen LogP contribution in [0.25, 0.3) is 0 Å². The van der Waals surface area contributed by atoms with Gasteiger partial charge in [-0.05, 0) is 106 Å². The molecule has 3 aliphatic carbocycles. The number of carbonyl (C=O) groups excluding carboxylic acids is 12. The fourth-order valence-corrected chi connectivity index (χ4v) is 15.6. The van der Waals surface area contributed by atoms with Gasteiger partial charge in [0.25, 0.3) is 5.92 Å². The Bertz CT molecular complexity index is 3220. The Labute approximate surface area is 593 Å². The predicted molar refractivity (Wildman–Crippen MR) is 360 cm³/mol. The molecule has 3 N–H and O–H groups in total. The summed E-state index contributed by atoms with van der Waals surface area (Å²) in [6.45, 7) is 4.25. The first-order valence-electron chi connectivity index (χ1n) is 36.0. The van der Waals surface area contributed by atoms with Crippen LogP contribution < -0.4 is 16.0 Å². The van der Waals surface area contributed by atoms with Crippen LogP contribution in [0.5, 0.6) is 0 Å². The fraction of sp³-hybridized carbons (Fsp3) is 0.746. The first-order chi connectivity index (χ1) is 47.8. The molecule has 24 nitrogen and oxygen atoms in total. The number of nitrogens with zero attached hydrogens (tertiary/aromatic N) is 9. The van der Waals surface area contributed by atoms with Crippen LogP contribution in [-0.4, -0.2) is 257 Å². The van der Waals surface area contributed by atoms with Gasteiger partial charge in [-0.2, -0.15) is 13.2 Å². The lowest BCUT2D eigenvalue weighted by molar-refractivity contribution is -0.156. The lowest BCUT2D eigenvalue weighted by Crippen LogP contribution is -2.65. The molecule has 6 aliphatic rings. The minimum Gasteiger partial charge on any atom is -0.343 e. The number of alkyl halides is 5. The normalized spacial score (nSPS) is 27.0. The average Bonchev–Trinajstić information content (AvgIpc) is 1.60. The van der Waals surface area contributed by atoms with Gasteiger partial charge < -0.3 is 60.0 Å². The molecule has 3 aliphatic heterocycles. The van der Waals surface area contributed by atoms with Crippen molar-refractivity contribution in [2.45, 2.75) is 229 Å². The maximum Gasteiger partial charge on any atom is 0.422 e. The third-order valence-corrected chi connectivity index (χ3v) is 21.9. The molecule has 1 aromatic carbocycles. The lowest BCUT2D eigenvalue weighted by Gasteiger charge is -2.42. The van der Waals surface area contributed by atoms with Crippen LogP contribution in [0.2, 0.25) is 0 Å². The predicted octanol–water partition coefficient (Wildman–Crippen LogP) is 5.51. The second-order valence-electron chi connectivity index (χ2n) is 29.9. The van der Waals surface area contributed by atoms with Crippen LogP contribution in [0.15, 0.2) is 12.1 Å². The van der Waals surface area contributed by atoms with Crippen LogP contribution in [0, 0.1) is 35.3 Å². The summed E-state index contributed by atoms with van der Waals surface area (Å²) in [6, 6.07) is -9.96. The molecule has 6 fully saturated rings. The van der Waals surface area contributed by atoms with Crippen molar-refractivity contribution in [2.24, 2.45) is 23.7 Å². The van der Waals surface area contributed by atoms with Gasteiger partial charge in [0, 0.05) is 68.8 Å². The van der Waals surface area contributed by atoms with Gasteiger partial charge >= 0.3 is 6.18 Å². The molecule has 0 radical (unpaired) electrons. The van der Waals surface area contributed by atoms with E-state index in [9.17, 15) is 51.5 Å². The molecule has 570 valence electrons. The third kappa shape index (κ3) is 19.8. The monoisotopic (exact) mass is 1450 g/mol. The number of rotatable bonds is 11. The molecule has 102 heavy (non-hydrogen) atoms. The van der Waals surface area contributed by atoms with Gasteiger partial charge in [-0.25, -0.2) is 17.6 Å². The zero-order valence-corrected chi connectivity index (χ0v) is 60.9. The van der Waals surface area contributed by atoms with Crippen LogP contribution in [0.1, 0.15) is 174 Å². The number of nitrogens with one attached hydrogen (secondary N) is 3. The Morgan fingerprint density at radius 3 is 1.77 bits per heavy atom. The summed E-state index contributed by atoms with van der Waals surface area (Å²) in [5.74, 6) is -19.4. The largest absolute Gasteiger partial charge is 0.422 e. The van der Waals surface area contributed by atoms with Crippen molar-refractivity contribution in [3.05, 3.63) is 34.9 Å². The highest BCUT2D eigenvalue weighted by molar-refractivity contribution is 6.01. The minimum atomic E-state index is -5.46. The van der Waals surface area contributed by atoms with E-state index in [1.54, 1.807) is 13.8 Å². The number of fused-ring (bicyclic) bond motifs is 1. The minimum absolute atomic E-state index is 0.0707. The molecule has 3 heterocycles. The second kappa shape index (κ2) is 34.8. The topological polar surface area (TPSA) is 270 Å². The Morgan fingerprint density at radius 2 is 1.20 bits per heavy atom. The molecule has 0 aromatic heterocycles. The Morgan fingerprint density at radius 1 is 0.627 bits per heavy atom. The summed E-state index contributed by atoms with van der Waals surface area (Å²) < 4.78 is 104. The van der Waals surface area contributed by atoms with Gasteiger partial charge in [0.15, 0.2) is 0 Å². The van der Waals surface area contributed by atoms with Crippen molar-refractivity contribution in [2.75, 3.05) is 88.6 Å². The molecule has 8 atom stereocenters. The molecule has 1 spiro atoms. The number of hydrogen-bond acceptors (Lipinski definition) is 12. The number of amides is 12. The fourth-order valence-electron chi connectivity index (χ4n) is 15.6. The molecule has 1 aromatic rings. The Hall–Kier alpha value is -7.63. The number of carbonyl (C=O) groups is 12. The maximum absolute atomic E-state index is 16.1. The van der Waals surface area contributed by atoms with Crippen molar-refractivity contribution < 1.29 is 88.3 Å². The third-order valence-electron chi connectivity index (χ3n) is 21.9. The molecule has 0 bridgehead atoms. The average molecular weight is 1450 g/mol. The van der Waals surface area contributed by atoms with Gasteiger partial charge in [-0.15, -0.1) is 0 Å². The van der Waals surface area contributed by atoms with Gasteiger partial charge in [-0.1, -0.05) is 91.9 Å². The van der Waals surface area contributed by atoms with Gasteiger partial charge in [0.2, 0.25) is 70.9 Å². The second-order valence-corrected chi connectivity index (χ2v) is 29.9. The molecule has 12 amide bonds. The summed E-state index contributed by atoms with van der Waals surface area (Å²) in [5, 5.41) is 7.98. The van der Waals surface area contributed by atoms with Crippen molar-refractivity contribution in [3.8, 4) is 0 Å². The number of likely N-dealkylation sites (N-methyl/N-ethyl adjacent to an activating group) is 7. The molecule has 31 heteroatoms. The first kappa shape index (κ1) is 81.7. The van der Waals surface area contributed by atoms with E-state index in [0.717, 1.165) is 43.8 Å². The number of hydrogen-bond donors (Lipinski definition) is 3. The molecule has 7 rings (SSSR count). The molecule has 3 saturated heterocycles. The van der Waals surface area contributed by atoms with E-state index in [-0.39, 0.29) is 37.5 Å². The number of halogens is 7. The first-order valence-corrected chi connectivity index (χ1v) is 36.0. The highest BCUT2D eigenvalue weighted by Crippen LogP contribution is 2.40. The van der Waals surface area contributed by atoms with E-state index >= 15 is 36.7 Å². The molecular formula is C71H105F7N12O12. The van der Waals surface area contributed by atoms with Gasteiger partial charge in [0.05, 0.1) is 32.6 Å². The Kier molecular flexibility index (Phi) is 27.8. The summed E-state index contributed by atoms with van der Waals surface area (Å²) in [7, 11) is 9.29. The Balaban J connectivity index is 1.31. The summed E-state index contributed by atoms with van der Waals surface area (Å²) in [4.78, 5) is 188. The van der Waals surface area contributed by atoms with Crippen LogP contribution in [-0.2, 0) is 70.1 Å². The smallest absolute Gasteiger partial charge is 0.343 e. The van der Waals surface area contributed by atoms with Gasteiger partial charge in [0.1, 0.15) is 65.0 Å². The van der Waals surface area contributed by atoms with E-state index in [2.05, 4.69) is 16.0 Å². The zero-order chi connectivity index (χ0) is 75.6. The van der Waals surface area contributed by atoms with Crippen molar-refractivity contribution in [1.29, 1.82) is 0 Å². The highest BCUT2D eigenvalue weighted by atomic mass is 19.4. The quantitative estimate of drug-likeness (QED) is 0.232. The maximum atomic E-state index is 16.1. The molecule has 0 unspecified atom stereocenters. The van der Waals surface area contributed by atoms with Crippen LogP contribution >= 0.6 is 0 Å². The van der Waals surface area contributed by atoms with E-state index in [0.29, 0.717) is 101 Å². The van der Waals surface area contributed by atoms with E-state index in [1.165, 1.54) is 64.0 Å². The standard InChI is InChI=1S/C71H105F7N12O12/c1-12-43(4)59-66(100)84(7)39-56(93)82(5)40-57(94)86(9)51(35-44-22-14-13-15-23-44)64(98)83(6)38-54(91)79-49(27-26-45-33-47(72)58(48(73)34-45)71(76,77)78)63(97)90-41-70(74,75)37-53(90)62(96)81-69(28-18-19-29-69)68(102)88(11)60(46-24-16-17-25-46)67(101)87(10)52(65(99)89-30-20-21-31-89)36-55(92)85(8)50(32-42(2)3)61(95)80-59/h33-34,42-44,46,49-53,59-60H,12-32,35-41H2,1-11H3,(H,79,91)(H,80,95)(H,81,96)/t43-,49-,50-,51-,52-,53-,59-,60-/m0/s1. The number of aryl methyl sites for hydroxylation is 1.